The Morgan fingerprint density at radius 2 is 1.89 bits per heavy atom. The smallest absolute Gasteiger partial charge is 0.301 e. The van der Waals surface area contributed by atoms with Crippen molar-refractivity contribution in [2.75, 3.05) is 4.90 Å². The van der Waals surface area contributed by atoms with Crippen LogP contribution in [-0.2, 0) is 22.4 Å². The molecule has 1 aromatic heterocycles. The molecule has 0 bridgehead atoms. The molecule has 2 aliphatic rings. The van der Waals surface area contributed by atoms with E-state index in [1.807, 2.05) is 68.4 Å². The van der Waals surface area contributed by atoms with E-state index in [4.69, 9.17) is 9.72 Å². The van der Waals surface area contributed by atoms with Crippen molar-refractivity contribution in [3.05, 3.63) is 94.1 Å². The van der Waals surface area contributed by atoms with E-state index in [-0.39, 0.29) is 17.4 Å². The Morgan fingerprint density at radius 3 is 2.65 bits per heavy atom. The lowest BCUT2D eigenvalue weighted by molar-refractivity contribution is -0.132. The molecule has 6 rings (SSSR count). The predicted octanol–water partition coefficient (Wildman–Crippen LogP) is 6.12. The second kappa shape index (κ2) is 8.85. The van der Waals surface area contributed by atoms with Gasteiger partial charge in [-0.1, -0.05) is 48.6 Å². The number of rotatable bonds is 4. The van der Waals surface area contributed by atoms with Crippen molar-refractivity contribution in [2.45, 2.75) is 45.8 Å². The van der Waals surface area contributed by atoms with E-state index in [1.165, 1.54) is 16.2 Å². The molecule has 2 aliphatic heterocycles. The van der Waals surface area contributed by atoms with E-state index >= 15 is 0 Å². The van der Waals surface area contributed by atoms with Crippen LogP contribution in [0, 0.1) is 6.92 Å². The number of carbonyl (C=O) groups excluding carboxylic acids is 2. The van der Waals surface area contributed by atoms with Crippen LogP contribution in [0.4, 0.5) is 5.13 Å². The van der Waals surface area contributed by atoms with Crippen molar-refractivity contribution in [3.8, 4) is 5.75 Å². The van der Waals surface area contributed by atoms with Gasteiger partial charge in [-0.3, -0.25) is 14.5 Å². The molecule has 1 amide bonds. The molecule has 4 aromatic rings. The van der Waals surface area contributed by atoms with E-state index in [0.717, 1.165) is 51.1 Å². The van der Waals surface area contributed by atoms with E-state index in [2.05, 4.69) is 6.92 Å². The molecule has 0 radical (unpaired) electrons. The summed E-state index contributed by atoms with van der Waals surface area (Å²) in [6, 6.07) is 18.3. The molecular weight excluding hydrogens is 484 g/mol. The van der Waals surface area contributed by atoms with Gasteiger partial charge < -0.3 is 9.84 Å². The average molecular weight is 511 g/mol. The Morgan fingerprint density at radius 1 is 1.11 bits per heavy atom. The number of ether oxygens (including phenoxy) is 1. The monoisotopic (exact) mass is 510 g/mol. The van der Waals surface area contributed by atoms with E-state index in [1.54, 1.807) is 6.07 Å². The van der Waals surface area contributed by atoms with Gasteiger partial charge in [0.2, 0.25) is 0 Å². The molecule has 6 nitrogen and oxygen atoms in total. The highest BCUT2D eigenvalue weighted by Crippen LogP contribution is 2.45. The maximum Gasteiger partial charge on any atom is 0.301 e. The summed E-state index contributed by atoms with van der Waals surface area (Å²) in [5.74, 6) is -0.826. The lowest BCUT2D eigenvalue weighted by Gasteiger charge is -2.23. The molecule has 0 unspecified atom stereocenters. The van der Waals surface area contributed by atoms with Crippen LogP contribution in [0.5, 0.6) is 5.75 Å². The topological polar surface area (TPSA) is 79.7 Å². The van der Waals surface area contributed by atoms with Gasteiger partial charge >= 0.3 is 5.91 Å². The van der Waals surface area contributed by atoms with Crippen molar-refractivity contribution >= 4 is 44.1 Å². The number of anilines is 1. The van der Waals surface area contributed by atoms with Gasteiger partial charge in [-0.2, -0.15) is 0 Å². The third kappa shape index (κ3) is 3.90. The second-order valence-corrected chi connectivity index (χ2v) is 10.7. The number of benzene rings is 3. The largest absolute Gasteiger partial charge is 0.507 e. The number of carbonyl (C=O) groups is 2. The summed E-state index contributed by atoms with van der Waals surface area (Å²) < 4.78 is 6.73. The van der Waals surface area contributed by atoms with E-state index < -0.39 is 17.7 Å². The van der Waals surface area contributed by atoms with Crippen LogP contribution in [0.2, 0.25) is 0 Å². The van der Waals surface area contributed by atoms with Crippen LogP contribution in [0.1, 0.15) is 47.7 Å². The number of fused-ring (bicyclic) bond motifs is 2. The van der Waals surface area contributed by atoms with Gasteiger partial charge in [0.25, 0.3) is 5.78 Å². The van der Waals surface area contributed by atoms with Crippen LogP contribution in [-0.4, -0.2) is 27.9 Å². The molecule has 3 aromatic carbocycles. The molecule has 0 saturated carbocycles. The molecule has 0 spiro atoms. The van der Waals surface area contributed by atoms with Gasteiger partial charge in [-0.15, -0.1) is 0 Å². The maximum absolute atomic E-state index is 13.5. The molecule has 1 saturated heterocycles. The summed E-state index contributed by atoms with van der Waals surface area (Å²) in [7, 11) is 0. The number of thiazole rings is 1. The highest BCUT2D eigenvalue weighted by Gasteiger charge is 2.48. The standard InChI is InChI=1S/C30H26N2O4S/c1-4-18-6-8-19(9-7-18)26-25(27(33)20-10-12-23-21(15-20)14-17(3)36-23)28(34)29(35)32(26)30-31-22-11-5-16(2)13-24(22)37-30/h5-13,15,17,26,33H,4,14H2,1-3H3/b27-25+/t17-,26-/m1/s1. The second-order valence-electron chi connectivity index (χ2n) is 9.69. The third-order valence-electron chi connectivity index (χ3n) is 7.06. The van der Waals surface area contributed by atoms with Crippen LogP contribution in [0.25, 0.3) is 16.0 Å². The number of aliphatic hydroxyl groups excluding tert-OH is 1. The van der Waals surface area contributed by atoms with Crippen molar-refractivity contribution in [1.82, 2.24) is 4.98 Å². The Bertz CT molecular complexity index is 1600. The minimum atomic E-state index is -0.795. The van der Waals surface area contributed by atoms with Gasteiger partial charge in [0.15, 0.2) is 5.13 Å². The third-order valence-corrected chi connectivity index (χ3v) is 8.07. The molecule has 7 heteroatoms. The van der Waals surface area contributed by atoms with Gasteiger partial charge in [0, 0.05) is 12.0 Å². The van der Waals surface area contributed by atoms with E-state index in [0.29, 0.717) is 10.7 Å². The van der Waals surface area contributed by atoms with E-state index in [9.17, 15) is 14.7 Å². The average Bonchev–Trinajstić information content (AvgIpc) is 3.55. The number of nitrogens with zero attached hydrogens (tertiary/aromatic N) is 2. The molecule has 0 aliphatic carbocycles. The number of aryl methyl sites for hydroxylation is 2. The normalized spacial score (nSPS) is 20.5. The minimum absolute atomic E-state index is 0.0535. The maximum atomic E-state index is 13.5. The first kappa shape index (κ1) is 23.4. The molecule has 3 heterocycles. The molecule has 2 atom stereocenters. The first-order valence-electron chi connectivity index (χ1n) is 12.4. The summed E-state index contributed by atoms with van der Waals surface area (Å²) in [5.41, 5.74) is 5.26. The zero-order valence-electron chi connectivity index (χ0n) is 20.8. The number of aliphatic hydroxyl groups is 1. The zero-order valence-corrected chi connectivity index (χ0v) is 21.6. The minimum Gasteiger partial charge on any atom is -0.507 e. The van der Waals surface area contributed by atoms with Crippen LogP contribution >= 0.6 is 11.3 Å². The number of hydrogen-bond acceptors (Lipinski definition) is 6. The van der Waals surface area contributed by atoms with Crippen LogP contribution in [0.15, 0.2) is 66.2 Å². The van der Waals surface area contributed by atoms with Gasteiger partial charge in [-0.25, -0.2) is 4.98 Å². The summed E-state index contributed by atoms with van der Waals surface area (Å²) in [4.78, 5) is 33.2. The SMILES string of the molecule is CCc1ccc([C@@H]2/C(=C(\O)c3ccc4c(c3)C[C@@H](C)O4)C(=O)C(=O)N2c2nc3ccc(C)cc3s2)cc1. The summed E-state index contributed by atoms with van der Waals surface area (Å²) in [5, 5.41) is 11.9. The van der Waals surface area contributed by atoms with Crippen molar-refractivity contribution in [3.63, 3.8) is 0 Å². The van der Waals surface area contributed by atoms with Crippen LogP contribution < -0.4 is 9.64 Å². The number of hydrogen-bond donors (Lipinski definition) is 1. The molecule has 186 valence electrons. The quantitative estimate of drug-likeness (QED) is 0.203. The lowest BCUT2D eigenvalue weighted by atomic mass is 9.94. The number of ketones is 1. The Hall–Kier alpha value is -3.97. The Labute approximate surface area is 218 Å². The fourth-order valence-electron chi connectivity index (χ4n) is 5.13. The molecule has 37 heavy (non-hydrogen) atoms. The predicted molar refractivity (Wildman–Crippen MR) is 145 cm³/mol. The highest BCUT2D eigenvalue weighted by atomic mass is 32.1. The molecule has 1 fully saturated rings. The van der Waals surface area contributed by atoms with Gasteiger partial charge in [0.1, 0.15) is 17.6 Å². The number of amides is 1. The van der Waals surface area contributed by atoms with Crippen molar-refractivity contribution < 1.29 is 19.4 Å². The van der Waals surface area contributed by atoms with Crippen molar-refractivity contribution in [1.29, 1.82) is 0 Å². The van der Waals surface area contributed by atoms with Gasteiger partial charge in [0.05, 0.1) is 21.8 Å². The Balaban J connectivity index is 1.53. The zero-order chi connectivity index (χ0) is 25.8. The lowest BCUT2D eigenvalue weighted by Crippen LogP contribution is -2.29. The molecular formula is C30H26N2O4S. The first-order chi connectivity index (χ1) is 17.8. The van der Waals surface area contributed by atoms with Gasteiger partial charge in [-0.05, 0) is 72.9 Å². The summed E-state index contributed by atoms with van der Waals surface area (Å²) in [6.45, 7) is 6.07. The van der Waals surface area contributed by atoms with Crippen LogP contribution in [0.3, 0.4) is 0 Å². The molecule has 1 N–H and O–H groups in total. The summed E-state index contributed by atoms with van der Waals surface area (Å²) >= 11 is 1.37. The van der Waals surface area contributed by atoms with Crippen molar-refractivity contribution in [2.24, 2.45) is 0 Å². The fourth-order valence-corrected chi connectivity index (χ4v) is 6.22. The number of Topliss-reactive ketones (excluding diaryl/α,β-unsaturated/α-hetero) is 1. The highest BCUT2D eigenvalue weighted by molar-refractivity contribution is 7.22. The first-order valence-corrected chi connectivity index (χ1v) is 13.2. The summed E-state index contributed by atoms with van der Waals surface area (Å²) in [6.07, 6.45) is 1.64. The fraction of sp³-hybridized carbons (Fsp3) is 0.233. The number of aromatic nitrogens is 1. The Kier molecular flexibility index (Phi) is 5.60.